The minimum absolute atomic E-state index is 0.111. The van der Waals surface area contributed by atoms with Crippen molar-refractivity contribution in [2.45, 2.75) is 31.3 Å². The highest BCUT2D eigenvalue weighted by atomic mass is 32.2. The van der Waals surface area contributed by atoms with Gasteiger partial charge in [-0.15, -0.1) is 0 Å². The molecule has 0 aliphatic rings. The Morgan fingerprint density at radius 2 is 1.83 bits per heavy atom. The first-order valence-corrected chi connectivity index (χ1v) is 8.68. The van der Waals surface area contributed by atoms with E-state index in [4.69, 9.17) is 0 Å². The number of pyridine rings is 1. The van der Waals surface area contributed by atoms with Crippen molar-refractivity contribution in [2.75, 3.05) is 12.4 Å². The fraction of sp³-hybridized carbons (Fsp3) is 0.312. The van der Waals surface area contributed by atoms with Crippen molar-refractivity contribution in [1.29, 1.82) is 0 Å². The Hall–Kier alpha value is -1.99. The van der Waals surface area contributed by atoms with Crippen molar-refractivity contribution in [3.63, 3.8) is 0 Å². The van der Waals surface area contributed by atoms with Gasteiger partial charge >= 0.3 is 0 Å². The summed E-state index contributed by atoms with van der Waals surface area (Å²) in [5, 5.41) is 2.99. The fourth-order valence-corrected chi connectivity index (χ4v) is 3.29. The molecule has 0 bridgehead atoms. The van der Waals surface area contributed by atoms with Crippen LogP contribution < -0.4 is 5.32 Å². The van der Waals surface area contributed by atoms with E-state index in [1.807, 2.05) is 13.8 Å². The molecule has 2 aromatic rings. The average molecular weight is 337 g/mol. The molecule has 23 heavy (non-hydrogen) atoms. The first-order chi connectivity index (χ1) is 10.8. The summed E-state index contributed by atoms with van der Waals surface area (Å²) in [6.07, 6.45) is 0. The Labute approximate surface area is 136 Å². The van der Waals surface area contributed by atoms with Gasteiger partial charge in [-0.25, -0.2) is 13.4 Å². The average Bonchev–Trinajstić information content (AvgIpc) is 2.52. The third-order valence-corrected chi connectivity index (χ3v) is 5.56. The lowest BCUT2D eigenvalue weighted by atomic mass is 10.2. The van der Waals surface area contributed by atoms with E-state index in [-0.39, 0.29) is 10.9 Å². The number of nitrogens with zero attached hydrogens (tertiary/aromatic N) is 2. The molecule has 1 N–H and O–H groups in total. The van der Waals surface area contributed by atoms with E-state index in [0.717, 1.165) is 5.56 Å². The van der Waals surface area contributed by atoms with Crippen LogP contribution in [0.4, 0.5) is 10.2 Å². The van der Waals surface area contributed by atoms with E-state index in [9.17, 15) is 12.8 Å². The maximum atomic E-state index is 13.0. The summed E-state index contributed by atoms with van der Waals surface area (Å²) in [5.74, 6) is -0.116. The van der Waals surface area contributed by atoms with Crippen LogP contribution >= 0.6 is 0 Å². The summed E-state index contributed by atoms with van der Waals surface area (Å²) >= 11 is 0. The SMILES string of the molecule is CC(C)N(C)S(=O)(=O)c1ccc(CNc2cccc(F)n2)cc1. The standard InChI is InChI=1S/C16H20FN3O2S/c1-12(2)20(3)23(21,22)14-9-7-13(8-10-14)11-18-16-6-4-5-15(17)19-16/h4-10,12H,11H2,1-3H3,(H,18,19). The van der Waals surface area contributed by atoms with Crippen molar-refractivity contribution in [1.82, 2.24) is 9.29 Å². The van der Waals surface area contributed by atoms with Gasteiger partial charge in [-0.3, -0.25) is 0 Å². The fourth-order valence-electron chi connectivity index (χ4n) is 1.92. The molecule has 0 atom stereocenters. The first kappa shape index (κ1) is 17.4. The summed E-state index contributed by atoms with van der Waals surface area (Å²) in [5.41, 5.74) is 0.877. The third kappa shape index (κ3) is 4.27. The van der Waals surface area contributed by atoms with Crippen molar-refractivity contribution >= 4 is 15.8 Å². The van der Waals surface area contributed by atoms with Crippen LogP contribution in [0.5, 0.6) is 0 Å². The molecule has 7 heteroatoms. The van der Waals surface area contributed by atoms with Gasteiger partial charge in [0, 0.05) is 19.6 Å². The van der Waals surface area contributed by atoms with Gasteiger partial charge < -0.3 is 5.32 Å². The van der Waals surface area contributed by atoms with Gasteiger partial charge in [0.05, 0.1) is 4.90 Å². The number of rotatable bonds is 6. The van der Waals surface area contributed by atoms with Crippen LogP contribution in [0.1, 0.15) is 19.4 Å². The number of hydrogen-bond acceptors (Lipinski definition) is 4. The second-order valence-corrected chi connectivity index (χ2v) is 7.46. The van der Waals surface area contributed by atoms with Crippen molar-refractivity contribution in [3.05, 3.63) is 54.0 Å². The van der Waals surface area contributed by atoms with Crippen LogP contribution in [0.15, 0.2) is 47.4 Å². The van der Waals surface area contributed by atoms with E-state index >= 15 is 0 Å². The summed E-state index contributed by atoms with van der Waals surface area (Å²) in [6, 6.07) is 11.0. The summed E-state index contributed by atoms with van der Waals surface area (Å²) < 4.78 is 39.0. The molecule has 0 aliphatic carbocycles. The Balaban J connectivity index is 2.08. The second-order valence-electron chi connectivity index (χ2n) is 5.46. The van der Waals surface area contributed by atoms with Gasteiger partial charge in [0.25, 0.3) is 0 Å². The molecule has 0 radical (unpaired) electrons. The predicted octanol–water partition coefficient (Wildman–Crippen LogP) is 2.86. The molecule has 1 aromatic heterocycles. The maximum absolute atomic E-state index is 13.0. The molecule has 0 aliphatic heterocycles. The van der Waals surface area contributed by atoms with Crippen molar-refractivity contribution in [3.8, 4) is 0 Å². The van der Waals surface area contributed by atoms with Crippen LogP contribution in [-0.2, 0) is 16.6 Å². The van der Waals surface area contributed by atoms with E-state index < -0.39 is 16.0 Å². The van der Waals surface area contributed by atoms with Crippen LogP contribution in [0.2, 0.25) is 0 Å². The molecule has 0 saturated heterocycles. The van der Waals surface area contributed by atoms with Gasteiger partial charge in [0.15, 0.2) is 0 Å². The molecule has 2 rings (SSSR count). The van der Waals surface area contributed by atoms with Crippen molar-refractivity contribution in [2.24, 2.45) is 0 Å². The molecule has 0 spiro atoms. The summed E-state index contributed by atoms with van der Waals surface area (Å²) in [4.78, 5) is 3.96. The number of nitrogens with one attached hydrogen (secondary N) is 1. The molecule has 1 aromatic carbocycles. The van der Waals surface area contributed by atoms with E-state index in [0.29, 0.717) is 12.4 Å². The highest BCUT2D eigenvalue weighted by Crippen LogP contribution is 2.17. The van der Waals surface area contributed by atoms with E-state index in [1.165, 1.54) is 10.4 Å². The number of aromatic nitrogens is 1. The lowest BCUT2D eigenvalue weighted by Crippen LogP contribution is -2.33. The molecule has 0 saturated carbocycles. The quantitative estimate of drug-likeness (QED) is 0.824. The van der Waals surface area contributed by atoms with Crippen LogP contribution in [0, 0.1) is 5.95 Å². The molecule has 0 fully saturated rings. The van der Waals surface area contributed by atoms with Gasteiger partial charge in [-0.05, 0) is 43.7 Å². The van der Waals surface area contributed by atoms with Crippen LogP contribution in [-0.4, -0.2) is 30.8 Å². The lowest BCUT2D eigenvalue weighted by Gasteiger charge is -2.21. The highest BCUT2D eigenvalue weighted by molar-refractivity contribution is 7.89. The molecule has 0 amide bonds. The molecule has 124 valence electrons. The number of halogens is 1. The Morgan fingerprint density at radius 3 is 2.39 bits per heavy atom. The minimum atomic E-state index is -3.48. The van der Waals surface area contributed by atoms with Gasteiger partial charge in [0.2, 0.25) is 16.0 Å². The molecular formula is C16H20FN3O2S. The number of anilines is 1. The first-order valence-electron chi connectivity index (χ1n) is 7.24. The smallest absolute Gasteiger partial charge is 0.243 e. The largest absolute Gasteiger partial charge is 0.366 e. The van der Waals surface area contributed by atoms with Gasteiger partial charge in [0.1, 0.15) is 5.82 Å². The molecule has 0 unspecified atom stereocenters. The number of hydrogen-bond donors (Lipinski definition) is 1. The minimum Gasteiger partial charge on any atom is -0.366 e. The lowest BCUT2D eigenvalue weighted by molar-refractivity contribution is 0.410. The Kier molecular flexibility index (Phi) is 5.33. The topological polar surface area (TPSA) is 62.3 Å². The number of benzene rings is 1. The normalized spacial score (nSPS) is 11.9. The predicted molar refractivity (Wildman–Crippen MR) is 88.0 cm³/mol. The molecule has 1 heterocycles. The zero-order chi connectivity index (χ0) is 17.0. The van der Waals surface area contributed by atoms with Crippen LogP contribution in [0.3, 0.4) is 0 Å². The summed E-state index contributed by atoms with van der Waals surface area (Å²) in [6.45, 7) is 4.07. The Bertz CT molecular complexity index is 761. The van der Waals surface area contributed by atoms with Crippen LogP contribution in [0.25, 0.3) is 0 Å². The highest BCUT2D eigenvalue weighted by Gasteiger charge is 2.22. The van der Waals surface area contributed by atoms with Crippen molar-refractivity contribution < 1.29 is 12.8 Å². The number of sulfonamides is 1. The zero-order valence-corrected chi connectivity index (χ0v) is 14.1. The van der Waals surface area contributed by atoms with E-state index in [1.54, 1.807) is 43.4 Å². The molecule has 5 nitrogen and oxygen atoms in total. The zero-order valence-electron chi connectivity index (χ0n) is 13.3. The summed E-state index contributed by atoms with van der Waals surface area (Å²) in [7, 11) is -1.92. The monoisotopic (exact) mass is 337 g/mol. The Morgan fingerprint density at radius 1 is 1.17 bits per heavy atom. The third-order valence-electron chi connectivity index (χ3n) is 3.52. The van der Waals surface area contributed by atoms with Gasteiger partial charge in [-0.1, -0.05) is 18.2 Å². The molecular weight excluding hydrogens is 317 g/mol. The second kappa shape index (κ2) is 7.06. The van der Waals surface area contributed by atoms with Gasteiger partial charge in [-0.2, -0.15) is 8.70 Å². The maximum Gasteiger partial charge on any atom is 0.243 e. The van der Waals surface area contributed by atoms with E-state index in [2.05, 4.69) is 10.3 Å².